The van der Waals surface area contributed by atoms with E-state index in [1.165, 1.54) is 63.4 Å². The van der Waals surface area contributed by atoms with Gasteiger partial charge < -0.3 is 5.11 Å². The minimum absolute atomic E-state index is 0.365. The van der Waals surface area contributed by atoms with Gasteiger partial charge in [0.1, 0.15) is 0 Å². The van der Waals surface area contributed by atoms with E-state index in [4.69, 9.17) is 5.11 Å². The van der Waals surface area contributed by atoms with Gasteiger partial charge in [-0.15, -0.1) is 0 Å². The molecule has 1 N–H and O–H groups in total. The summed E-state index contributed by atoms with van der Waals surface area (Å²) >= 11 is 0. The van der Waals surface area contributed by atoms with Gasteiger partial charge in [-0.05, 0) is 49.8 Å². The third-order valence-corrected chi connectivity index (χ3v) is 4.43. The number of carbonyl (C=O) groups is 1. The van der Waals surface area contributed by atoms with Crippen molar-refractivity contribution in [1.82, 2.24) is 0 Å². The molecule has 0 aliphatic carbocycles. The zero-order valence-corrected chi connectivity index (χ0v) is 15.3. The maximum absolute atomic E-state index is 10.8. The maximum atomic E-state index is 10.8. The minimum Gasteiger partial charge on any atom is -0.478 e. The highest BCUT2D eigenvalue weighted by molar-refractivity contribution is 5.87. The molecule has 0 saturated heterocycles. The summed E-state index contributed by atoms with van der Waals surface area (Å²) < 4.78 is 0. The quantitative estimate of drug-likeness (QED) is 0.301. The molecular weight excluding hydrogens is 296 g/mol. The standard InChI is InChI=1S/C22H34O2/c1-2-3-4-5-6-7-8-9-10-11-12-13-14-15-20-16-18-21(19-17-20)22(23)24/h11-12,16-19H,2-10,13-15H2,1H3,(H,23,24). The minimum atomic E-state index is -0.856. The fourth-order valence-electron chi connectivity index (χ4n) is 2.87. The molecule has 1 rings (SSSR count). The molecule has 0 heterocycles. The Labute approximate surface area is 148 Å². The fraction of sp³-hybridized carbons (Fsp3) is 0.591. The summed E-state index contributed by atoms with van der Waals surface area (Å²) in [5.41, 5.74) is 1.58. The number of carboxylic acid groups (broad SMARTS) is 1. The first kappa shape index (κ1) is 20.5. The smallest absolute Gasteiger partial charge is 0.335 e. The van der Waals surface area contributed by atoms with E-state index in [-0.39, 0.29) is 0 Å². The van der Waals surface area contributed by atoms with Crippen LogP contribution in [-0.2, 0) is 6.42 Å². The van der Waals surface area contributed by atoms with Crippen LogP contribution < -0.4 is 0 Å². The molecule has 2 nitrogen and oxygen atoms in total. The molecule has 0 bridgehead atoms. The van der Waals surface area contributed by atoms with Gasteiger partial charge in [0.05, 0.1) is 5.56 Å². The van der Waals surface area contributed by atoms with E-state index in [0.717, 1.165) is 19.3 Å². The van der Waals surface area contributed by atoms with Gasteiger partial charge in [-0.3, -0.25) is 0 Å². The lowest BCUT2D eigenvalue weighted by Gasteiger charge is -2.01. The molecule has 24 heavy (non-hydrogen) atoms. The molecule has 1 aromatic carbocycles. The van der Waals surface area contributed by atoms with E-state index in [1.54, 1.807) is 12.1 Å². The number of aryl methyl sites for hydroxylation is 1. The average molecular weight is 331 g/mol. The van der Waals surface area contributed by atoms with Crippen LogP contribution in [0.4, 0.5) is 0 Å². The van der Waals surface area contributed by atoms with Crippen molar-refractivity contribution in [1.29, 1.82) is 0 Å². The van der Waals surface area contributed by atoms with E-state index in [1.807, 2.05) is 12.1 Å². The van der Waals surface area contributed by atoms with Crippen LogP contribution in [0.25, 0.3) is 0 Å². The van der Waals surface area contributed by atoms with Crippen molar-refractivity contribution in [2.24, 2.45) is 0 Å². The first-order valence-corrected chi connectivity index (χ1v) is 9.71. The van der Waals surface area contributed by atoms with Gasteiger partial charge >= 0.3 is 5.97 Å². The summed E-state index contributed by atoms with van der Waals surface area (Å²) in [5.74, 6) is -0.856. The summed E-state index contributed by atoms with van der Waals surface area (Å²) in [5, 5.41) is 8.87. The van der Waals surface area contributed by atoms with E-state index >= 15 is 0 Å². The van der Waals surface area contributed by atoms with E-state index < -0.39 is 5.97 Å². The van der Waals surface area contributed by atoms with Crippen molar-refractivity contribution >= 4 is 5.97 Å². The largest absolute Gasteiger partial charge is 0.478 e. The zero-order chi connectivity index (χ0) is 17.5. The lowest BCUT2D eigenvalue weighted by molar-refractivity contribution is 0.0697. The van der Waals surface area contributed by atoms with Crippen LogP contribution in [0.3, 0.4) is 0 Å². The maximum Gasteiger partial charge on any atom is 0.335 e. The number of hydrogen-bond donors (Lipinski definition) is 1. The van der Waals surface area contributed by atoms with Gasteiger partial charge in [0.15, 0.2) is 0 Å². The Bertz CT molecular complexity index is 459. The predicted molar refractivity (Wildman–Crippen MR) is 103 cm³/mol. The topological polar surface area (TPSA) is 37.3 Å². The second-order valence-corrected chi connectivity index (χ2v) is 6.63. The van der Waals surface area contributed by atoms with E-state index in [2.05, 4.69) is 19.1 Å². The summed E-state index contributed by atoms with van der Waals surface area (Å²) in [4.78, 5) is 10.8. The lowest BCUT2D eigenvalue weighted by atomic mass is 10.1. The van der Waals surface area contributed by atoms with Crippen molar-refractivity contribution in [3.8, 4) is 0 Å². The molecule has 0 aliphatic heterocycles. The molecule has 1 aromatic rings. The van der Waals surface area contributed by atoms with Gasteiger partial charge in [-0.25, -0.2) is 4.79 Å². The van der Waals surface area contributed by atoms with Gasteiger partial charge in [-0.2, -0.15) is 0 Å². The SMILES string of the molecule is CCCCCCCCCCC=CCCCc1ccc(C(=O)O)cc1. The highest BCUT2D eigenvalue weighted by Crippen LogP contribution is 2.11. The molecule has 134 valence electrons. The van der Waals surface area contributed by atoms with Gasteiger partial charge in [0.25, 0.3) is 0 Å². The average Bonchev–Trinajstić information content (AvgIpc) is 2.59. The Hall–Kier alpha value is -1.57. The van der Waals surface area contributed by atoms with Crippen molar-refractivity contribution in [2.75, 3.05) is 0 Å². The first-order valence-electron chi connectivity index (χ1n) is 9.71. The first-order chi connectivity index (χ1) is 11.7. The molecule has 0 atom stereocenters. The number of unbranched alkanes of at least 4 members (excludes halogenated alkanes) is 9. The molecule has 2 heteroatoms. The lowest BCUT2D eigenvalue weighted by Crippen LogP contribution is -1.96. The summed E-state index contributed by atoms with van der Waals surface area (Å²) in [6, 6.07) is 7.23. The van der Waals surface area contributed by atoms with Crippen LogP contribution in [0.1, 0.15) is 93.5 Å². The van der Waals surface area contributed by atoms with Crippen LogP contribution in [0.2, 0.25) is 0 Å². The van der Waals surface area contributed by atoms with Crippen molar-refractivity contribution < 1.29 is 9.90 Å². The Morgan fingerprint density at radius 1 is 0.833 bits per heavy atom. The number of rotatable bonds is 14. The zero-order valence-electron chi connectivity index (χ0n) is 15.3. The van der Waals surface area contributed by atoms with Crippen molar-refractivity contribution in [3.05, 3.63) is 47.5 Å². The summed E-state index contributed by atoms with van der Waals surface area (Å²) in [7, 11) is 0. The fourth-order valence-corrected chi connectivity index (χ4v) is 2.87. The Morgan fingerprint density at radius 3 is 1.96 bits per heavy atom. The molecular formula is C22H34O2. The van der Waals surface area contributed by atoms with E-state index in [0.29, 0.717) is 5.56 Å². The Balaban J connectivity index is 1.95. The summed E-state index contributed by atoms with van der Waals surface area (Å²) in [6.07, 6.45) is 20.1. The monoisotopic (exact) mass is 330 g/mol. The third-order valence-electron chi connectivity index (χ3n) is 4.43. The van der Waals surface area contributed by atoms with Gasteiger partial charge in [0.2, 0.25) is 0 Å². The van der Waals surface area contributed by atoms with Crippen LogP contribution in [0.15, 0.2) is 36.4 Å². The predicted octanol–water partition coefficient (Wildman–Crippen LogP) is 6.79. The molecule has 0 aromatic heterocycles. The molecule has 0 spiro atoms. The Morgan fingerprint density at radius 2 is 1.38 bits per heavy atom. The normalized spacial score (nSPS) is 11.2. The second kappa shape index (κ2) is 13.8. The van der Waals surface area contributed by atoms with E-state index in [9.17, 15) is 4.79 Å². The second-order valence-electron chi connectivity index (χ2n) is 6.63. The molecule has 0 saturated carbocycles. The number of aromatic carboxylic acids is 1. The summed E-state index contributed by atoms with van der Waals surface area (Å²) in [6.45, 7) is 2.27. The van der Waals surface area contributed by atoms with Crippen LogP contribution in [0, 0.1) is 0 Å². The van der Waals surface area contributed by atoms with Crippen molar-refractivity contribution in [3.63, 3.8) is 0 Å². The Kier molecular flexibility index (Phi) is 11.8. The number of carboxylic acids is 1. The third kappa shape index (κ3) is 10.3. The molecule has 0 aliphatic rings. The van der Waals surface area contributed by atoms with Gasteiger partial charge in [-0.1, -0.05) is 76.2 Å². The molecule has 0 radical (unpaired) electrons. The van der Waals surface area contributed by atoms with Gasteiger partial charge in [0, 0.05) is 0 Å². The highest BCUT2D eigenvalue weighted by Gasteiger charge is 2.01. The molecule has 0 amide bonds. The number of hydrogen-bond acceptors (Lipinski definition) is 1. The number of allylic oxidation sites excluding steroid dienone is 2. The van der Waals surface area contributed by atoms with Crippen LogP contribution in [0.5, 0.6) is 0 Å². The number of benzene rings is 1. The van der Waals surface area contributed by atoms with Crippen molar-refractivity contribution in [2.45, 2.75) is 84.0 Å². The van der Waals surface area contributed by atoms with Crippen LogP contribution in [-0.4, -0.2) is 11.1 Å². The highest BCUT2D eigenvalue weighted by atomic mass is 16.4. The molecule has 0 fully saturated rings. The molecule has 0 unspecified atom stereocenters. The van der Waals surface area contributed by atoms with Crippen LogP contribution >= 0.6 is 0 Å².